The molecule has 0 amide bonds. The molecular weight excluding hydrogens is 244 g/mol. The summed E-state index contributed by atoms with van der Waals surface area (Å²) in [7, 11) is 0. The first kappa shape index (κ1) is 13.5. The number of halogens is 1. The van der Waals surface area contributed by atoms with Crippen LogP contribution in [0.4, 0.5) is 0 Å². The van der Waals surface area contributed by atoms with E-state index in [1.54, 1.807) is 31.2 Å². The molecule has 0 radical (unpaired) electrons. The van der Waals surface area contributed by atoms with E-state index in [2.05, 4.69) is 0 Å². The Morgan fingerprint density at radius 1 is 1.18 bits per heavy atom. The van der Waals surface area contributed by atoms with Gasteiger partial charge in [0.15, 0.2) is 0 Å². The zero-order chi connectivity index (χ0) is 13.0. The van der Waals surface area contributed by atoms with Crippen molar-refractivity contribution in [3.8, 4) is 0 Å². The van der Waals surface area contributed by atoms with E-state index < -0.39 is 23.8 Å². The minimum Gasteiger partial charge on any atom is -0.549 e. The quantitative estimate of drug-likeness (QED) is 0.690. The second-order valence-corrected chi connectivity index (χ2v) is 4.12. The van der Waals surface area contributed by atoms with Gasteiger partial charge in [0, 0.05) is 10.9 Å². The third kappa shape index (κ3) is 3.20. The average molecular weight is 255 g/mol. The van der Waals surface area contributed by atoms with Crippen LogP contribution < -0.4 is 10.2 Å². The van der Waals surface area contributed by atoms with Crippen LogP contribution in [-0.2, 0) is 9.59 Å². The molecule has 5 heteroatoms. The van der Waals surface area contributed by atoms with Crippen LogP contribution >= 0.6 is 11.6 Å². The second kappa shape index (κ2) is 5.68. The lowest BCUT2D eigenvalue weighted by molar-refractivity contribution is -0.332. The summed E-state index contributed by atoms with van der Waals surface area (Å²) >= 11 is 5.71. The predicted octanol–water partition coefficient (Wildman–Crippen LogP) is -0.0504. The maximum Gasteiger partial charge on any atom is 0.0507 e. The normalized spacial score (nSPS) is 12.4. The Bertz CT molecular complexity index is 399. The van der Waals surface area contributed by atoms with Gasteiger partial charge in [0.05, 0.1) is 11.9 Å². The molecule has 17 heavy (non-hydrogen) atoms. The number of hydrogen-bond donors (Lipinski definition) is 0. The monoisotopic (exact) mass is 254 g/mol. The molecule has 1 rings (SSSR count). The van der Waals surface area contributed by atoms with Gasteiger partial charge in [-0.3, -0.25) is 0 Å². The lowest BCUT2D eigenvalue weighted by Gasteiger charge is -2.28. The molecule has 4 nitrogen and oxygen atoms in total. The third-order valence-electron chi connectivity index (χ3n) is 2.65. The van der Waals surface area contributed by atoms with Gasteiger partial charge in [-0.2, -0.15) is 0 Å². The summed E-state index contributed by atoms with van der Waals surface area (Å²) in [6.45, 7) is 1.71. The van der Waals surface area contributed by atoms with Gasteiger partial charge in [-0.15, -0.1) is 0 Å². The van der Waals surface area contributed by atoms with Crippen molar-refractivity contribution < 1.29 is 19.8 Å². The second-order valence-electron chi connectivity index (χ2n) is 3.68. The molecule has 0 spiro atoms. The molecule has 0 aliphatic carbocycles. The van der Waals surface area contributed by atoms with Crippen LogP contribution in [0.3, 0.4) is 0 Å². The van der Waals surface area contributed by atoms with Crippen molar-refractivity contribution in [2.45, 2.75) is 19.3 Å². The lowest BCUT2D eigenvalue weighted by Crippen LogP contribution is -2.46. The molecule has 0 aromatic heterocycles. The molecule has 92 valence electrons. The zero-order valence-corrected chi connectivity index (χ0v) is 9.94. The van der Waals surface area contributed by atoms with Gasteiger partial charge < -0.3 is 19.8 Å². The maximum absolute atomic E-state index is 10.8. The molecule has 1 unspecified atom stereocenters. The fraction of sp³-hybridized carbons (Fsp3) is 0.333. The molecule has 1 aromatic carbocycles. The van der Waals surface area contributed by atoms with Crippen molar-refractivity contribution >= 4 is 23.5 Å². The molecule has 0 saturated carbocycles. The first-order chi connectivity index (χ1) is 7.97. The van der Waals surface area contributed by atoms with Gasteiger partial charge >= 0.3 is 0 Å². The van der Waals surface area contributed by atoms with Crippen molar-refractivity contribution in [1.29, 1.82) is 0 Å². The van der Waals surface area contributed by atoms with Crippen LogP contribution in [0.1, 0.15) is 24.8 Å². The van der Waals surface area contributed by atoms with Crippen molar-refractivity contribution in [2.75, 3.05) is 0 Å². The minimum absolute atomic E-state index is 0.355. The third-order valence-corrected chi connectivity index (χ3v) is 2.90. The van der Waals surface area contributed by atoms with Crippen LogP contribution in [0.25, 0.3) is 0 Å². The zero-order valence-electron chi connectivity index (χ0n) is 9.18. The van der Waals surface area contributed by atoms with E-state index in [0.717, 1.165) is 0 Å². The topological polar surface area (TPSA) is 80.3 Å². The number of carbonyl (C=O) groups is 2. The largest absolute Gasteiger partial charge is 0.549 e. The Hall–Kier alpha value is -1.55. The summed E-state index contributed by atoms with van der Waals surface area (Å²) in [4.78, 5) is 21.6. The van der Waals surface area contributed by atoms with Crippen molar-refractivity contribution in [1.82, 2.24) is 0 Å². The molecule has 0 aliphatic heterocycles. The van der Waals surface area contributed by atoms with Gasteiger partial charge in [-0.25, -0.2) is 0 Å². The number of carbonyl (C=O) groups excluding carboxylic acids is 2. The van der Waals surface area contributed by atoms with Gasteiger partial charge in [0.2, 0.25) is 0 Å². The summed E-state index contributed by atoms with van der Waals surface area (Å²) in [6.07, 6.45) is 0.355. The maximum atomic E-state index is 10.8. The molecular formula is C12H11ClO4-2. The molecule has 0 heterocycles. The highest BCUT2D eigenvalue weighted by molar-refractivity contribution is 6.30. The molecule has 0 aliphatic rings. The number of hydrogen-bond acceptors (Lipinski definition) is 4. The molecule has 0 fully saturated rings. The summed E-state index contributed by atoms with van der Waals surface area (Å²) in [5, 5.41) is 22.1. The van der Waals surface area contributed by atoms with Gasteiger partial charge in [0.25, 0.3) is 0 Å². The first-order valence-electron chi connectivity index (χ1n) is 5.14. The highest BCUT2D eigenvalue weighted by Crippen LogP contribution is 2.28. The number of rotatable bonds is 5. The van der Waals surface area contributed by atoms with E-state index in [-0.39, 0.29) is 0 Å². The number of carboxylic acid groups (broad SMARTS) is 2. The Morgan fingerprint density at radius 3 is 2.00 bits per heavy atom. The van der Waals surface area contributed by atoms with Crippen LogP contribution in [0.15, 0.2) is 24.3 Å². The van der Waals surface area contributed by atoms with Crippen molar-refractivity contribution in [3.63, 3.8) is 0 Å². The molecule has 1 aromatic rings. The Balaban J connectivity index is 3.08. The lowest BCUT2D eigenvalue weighted by atomic mass is 9.84. The van der Waals surface area contributed by atoms with E-state index in [4.69, 9.17) is 11.6 Å². The fourth-order valence-electron chi connectivity index (χ4n) is 1.80. The average Bonchev–Trinajstić information content (AvgIpc) is 2.26. The highest BCUT2D eigenvalue weighted by atomic mass is 35.5. The Labute approximate surface area is 104 Å². The van der Waals surface area contributed by atoms with E-state index in [0.29, 0.717) is 17.0 Å². The Kier molecular flexibility index (Phi) is 4.52. The van der Waals surface area contributed by atoms with E-state index in [9.17, 15) is 19.8 Å². The minimum atomic E-state index is -1.65. The van der Waals surface area contributed by atoms with Gasteiger partial charge in [-0.05, 0) is 30.0 Å². The summed E-state index contributed by atoms with van der Waals surface area (Å²) < 4.78 is 0. The highest BCUT2D eigenvalue weighted by Gasteiger charge is 2.24. The van der Waals surface area contributed by atoms with E-state index in [1.807, 2.05) is 0 Å². The molecule has 0 saturated heterocycles. The Morgan fingerprint density at radius 2 is 1.65 bits per heavy atom. The summed E-state index contributed by atoms with van der Waals surface area (Å²) in [5.41, 5.74) is 0.593. The summed E-state index contributed by atoms with van der Waals surface area (Å²) in [5.74, 6) is -5.60. The molecule has 1 atom stereocenters. The standard InChI is InChI=1S/C12H13ClO4/c1-2-9(10(11(14)15)12(16)17)7-3-5-8(13)6-4-7/h3-6,9-10H,2H2,1H3,(H,14,15)(H,16,17)/p-2. The molecule has 0 bridgehead atoms. The smallest absolute Gasteiger partial charge is 0.0507 e. The van der Waals surface area contributed by atoms with E-state index in [1.165, 1.54) is 0 Å². The van der Waals surface area contributed by atoms with Gasteiger partial charge in [0.1, 0.15) is 0 Å². The number of carboxylic acids is 2. The van der Waals surface area contributed by atoms with Gasteiger partial charge in [-0.1, -0.05) is 30.7 Å². The fourth-order valence-corrected chi connectivity index (χ4v) is 1.92. The first-order valence-corrected chi connectivity index (χ1v) is 5.52. The SMILES string of the molecule is CCC(c1ccc(Cl)cc1)C(C(=O)[O-])C(=O)[O-]. The van der Waals surface area contributed by atoms with Crippen LogP contribution in [0.5, 0.6) is 0 Å². The predicted molar refractivity (Wildman–Crippen MR) is 58.0 cm³/mol. The van der Waals surface area contributed by atoms with Crippen LogP contribution in [0, 0.1) is 5.92 Å². The summed E-state index contributed by atoms with van der Waals surface area (Å²) in [6, 6.07) is 6.38. The van der Waals surface area contributed by atoms with Crippen LogP contribution in [-0.4, -0.2) is 11.9 Å². The van der Waals surface area contributed by atoms with E-state index >= 15 is 0 Å². The van der Waals surface area contributed by atoms with Crippen molar-refractivity contribution in [3.05, 3.63) is 34.9 Å². The number of benzene rings is 1. The number of aliphatic carboxylic acids is 2. The van der Waals surface area contributed by atoms with Crippen molar-refractivity contribution in [2.24, 2.45) is 5.92 Å². The molecule has 0 N–H and O–H groups in total. The van der Waals surface area contributed by atoms with Crippen LogP contribution in [0.2, 0.25) is 5.02 Å².